The summed E-state index contributed by atoms with van der Waals surface area (Å²) in [4.78, 5) is 11.0. The third-order valence-corrected chi connectivity index (χ3v) is 2.64. The Hall–Kier alpha value is -0.220. The normalized spacial score (nSPS) is 12.6. The van der Waals surface area contributed by atoms with Crippen LogP contribution in [0.2, 0.25) is 0 Å². The fourth-order valence-corrected chi connectivity index (χ4v) is 1.55. The van der Waals surface area contributed by atoms with Gasteiger partial charge in [0, 0.05) is 30.5 Å². The van der Waals surface area contributed by atoms with Gasteiger partial charge in [-0.15, -0.1) is 0 Å². The molecule has 0 aliphatic heterocycles. The predicted molar refractivity (Wildman–Crippen MR) is 54.3 cm³/mol. The molecule has 72 valence electrons. The number of hydrogen-bond donors (Lipinski definition) is 2. The Labute approximate surface area is 78.5 Å². The topological polar surface area (TPSA) is 55.1 Å². The molecule has 0 saturated carbocycles. The molecule has 0 saturated heterocycles. The van der Waals surface area contributed by atoms with Crippen molar-refractivity contribution in [3.05, 3.63) is 0 Å². The average Bonchev–Trinajstić information content (AvgIpc) is 2.04. The van der Waals surface area contributed by atoms with E-state index in [9.17, 15) is 4.79 Å². The first-order valence-electron chi connectivity index (χ1n) is 4.29. The molecular formula is C8H18N2OS. The maximum atomic E-state index is 11.0. The van der Waals surface area contributed by atoms with Gasteiger partial charge in [-0.25, -0.2) is 0 Å². The van der Waals surface area contributed by atoms with Gasteiger partial charge >= 0.3 is 0 Å². The number of hydrogen-bond acceptors (Lipinski definition) is 3. The summed E-state index contributed by atoms with van der Waals surface area (Å²) < 4.78 is 0. The molecule has 12 heavy (non-hydrogen) atoms. The minimum Gasteiger partial charge on any atom is -0.356 e. The van der Waals surface area contributed by atoms with Crippen molar-refractivity contribution in [1.29, 1.82) is 0 Å². The maximum absolute atomic E-state index is 11.0. The molecule has 1 amide bonds. The van der Waals surface area contributed by atoms with Gasteiger partial charge < -0.3 is 11.1 Å². The van der Waals surface area contributed by atoms with Gasteiger partial charge in [-0.3, -0.25) is 4.79 Å². The molecule has 0 aromatic rings. The summed E-state index contributed by atoms with van der Waals surface area (Å²) in [6, 6.07) is 0. The molecule has 1 atom stereocenters. The first kappa shape index (κ1) is 11.8. The zero-order chi connectivity index (χ0) is 9.40. The van der Waals surface area contributed by atoms with Crippen LogP contribution in [0.5, 0.6) is 0 Å². The van der Waals surface area contributed by atoms with Gasteiger partial charge in [-0.05, 0) is 6.92 Å². The van der Waals surface area contributed by atoms with Crippen LogP contribution < -0.4 is 11.1 Å². The van der Waals surface area contributed by atoms with Crippen molar-refractivity contribution in [3.63, 3.8) is 0 Å². The Morgan fingerprint density at radius 3 is 2.83 bits per heavy atom. The summed E-state index contributed by atoms with van der Waals surface area (Å²) in [5, 5.41) is 3.21. The molecule has 0 aliphatic carbocycles. The van der Waals surface area contributed by atoms with Crippen LogP contribution in [-0.2, 0) is 4.79 Å². The summed E-state index contributed by atoms with van der Waals surface area (Å²) in [5.41, 5.74) is 5.43. The van der Waals surface area contributed by atoms with E-state index in [2.05, 4.69) is 12.2 Å². The third kappa shape index (κ3) is 6.49. The van der Waals surface area contributed by atoms with E-state index in [0.29, 0.717) is 18.2 Å². The van der Waals surface area contributed by atoms with Gasteiger partial charge in [0.05, 0.1) is 0 Å². The molecule has 0 heterocycles. The zero-order valence-corrected chi connectivity index (χ0v) is 8.62. The van der Waals surface area contributed by atoms with Crippen molar-refractivity contribution in [2.75, 3.05) is 18.8 Å². The molecule has 0 bridgehead atoms. The van der Waals surface area contributed by atoms with Crippen molar-refractivity contribution >= 4 is 17.7 Å². The molecule has 4 heteroatoms. The Bertz CT molecular complexity index is 130. The lowest BCUT2D eigenvalue weighted by Gasteiger charge is -2.07. The Morgan fingerprint density at radius 1 is 1.67 bits per heavy atom. The highest BCUT2D eigenvalue weighted by atomic mass is 32.2. The van der Waals surface area contributed by atoms with Crippen LogP contribution in [0, 0.1) is 0 Å². The van der Waals surface area contributed by atoms with Crippen molar-refractivity contribution in [3.8, 4) is 0 Å². The molecule has 0 radical (unpaired) electrons. The van der Waals surface area contributed by atoms with Gasteiger partial charge in [0.15, 0.2) is 0 Å². The lowest BCUT2D eigenvalue weighted by Crippen LogP contribution is -2.23. The monoisotopic (exact) mass is 190 g/mol. The van der Waals surface area contributed by atoms with Crippen molar-refractivity contribution in [2.45, 2.75) is 25.5 Å². The zero-order valence-electron chi connectivity index (χ0n) is 7.80. The lowest BCUT2D eigenvalue weighted by atomic mass is 10.4. The quantitative estimate of drug-likeness (QED) is 0.644. The van der Waals surface area contributed by atoms with Crippen LogP contribution in [0.25, 0.3) is 0 Å². The molecule has 3 N–H and O–H groups in total. The van der Waals surface area contributed by atoms with Gasteiger partial charge in [-0.1, -0.05) is 6.92 Å². The van der Waals surface area contributed by atoms with Gasteiger partial charge in [0.1, 0.15) is 0 Å². The molecule has 0 spiro atoms. The Balaban J connectivity index is 3.24. The van der Waals surface area contributed by atoms with Crippen LogP contribution in [0.15, 0.2) is 0 Å². The molecule has 0 fully saturated rings. The van der Waals surface area contributed by atoms with Crippen LogP contribution in [-0.4, -0.2) is 30.0 Å². The van der Waals surface area contributed by atoms with E-state index >= 15 is 0 Å². The SMILES string of the molecule is CCNC(=O)CCSC(C)CN. The molecular weight excluding hydrogens is 172 g/mol. The average molecular weight is 190 g/mol. The second-order valence-electron chi connectivity index (χ2n) is 2.62. The van der Waals surface area contributed by atoms with E-state index in [1.807, 2.05) is 6.92 Å². The maximum Gasteiger partial charge on any atom is 0.220 e. The predicted octanol–water partition coefficient (Wildman–Crippen LogP) is 0.593. The van der Waals surface area contributed by atoms with E-state index in [1.54, 1.807) is 11.8 Å². The third-order valence-electron chi connectivity index (χ3n) is 1.44. The number of rotatable bonds is 6. The molecule has 0 aromatic heterocycles. The molecule has 3 nitrogen and oxygen atoms in total. The number of nitrogens with one attached hydrogen (secondary N) is 1. The van der Waals surface area contributed by atoms with Gasteiger partial charge in [0.25, 0.3) is 0 Å². The standard InChI is InChI=1S/C8H18N2OS/c1-3-10-8(11)4-5-12-7(2)6-9/h7H,3-6,9H2,1-2H3,(H,10,11). The summed E-state index contributed by atoms with van der Waals surface area (Å²) in [5.74, 6) is 0.999. The van der Waals surface area contributed by atoms with Crippen molar-refractivity contribution < 1.29 is 4.79 Å². The van der Waals surface area contributed by atoms with Crippen LogP contribution >= 0.6 is 11.8 Å². The Morgan fingerprint density at radius 2 is 2.33 bits per heavy atom. The van der Waals surface area contributed by atoms with E-state index in [0.717, 1.165) is 12.3 Å². The van der Waals surface area contributed by atoms with Gasteiger partial charge in [0.2, 0.25) is 5.91 Å². The summed E-state index contributed by atoms with van der Waals surface area (Å²) >= 11 is 1.74. The fraction of sp³-hybridized carbons (Fsp3) is 0.875. The highest BCUT2D eigenvalue weighted by Crippen LogP contribution is 2.09. The van der Waals surface area contributed by atoms with E-state index < -0.39 is 0 Å². The molecule has 0 rings (SSSR count). The van der Waals surface area contributed by atoms with Crippen molar-refractivity contribution in [2.24, 2.45) is 5.73 Å². The first-order valence-corrected chi connectivity index (χ1v) is 5.34. The lowest BCUT2D eigenvalue weighted by molar-refractivity contribution is -0.120. The van der Waals surface area contributed by atoms with Crippen LogP contribution in [0.1, 0.15) is 20.3 Å². The number of carbonyl (C=O) groups excluding carboxylic acids is 1. The number of nitrogens with two attached hydrogens (primary N) is 1. The minimum atomic E-state index is 0.134. The second-order valence-corrected chi connectivity index (χ2v) is 4.17. The van der Waals surface area contributed by atoms with Crippen LogP contribution in [0.4, 0.5) is 0 Å². The van der Waals surface area contributed by atoms with Crippen LogP contribution in [0.3, 0.4) is 0 Å². The smallest absolute Gasteiger partial charge is 0.220 e. The first-order chi connectivity index (χ1) is 5.70. The van der Waals surface area contributed by atoms with Crippen molar-refractivity contribution in [1.82, 2.24) is 5.32 Å². The molecule has 1 unspecified atom stereocenters. The van der Waals surface area contributed by atoms with E-state index in [1.165, 1.54) is 0 Å². The minimum absolute atomic E-state index is 0.134. The Kier molecular flexibility index (Phi) is 7.29. The summed E-state index contributed by atoms with van der Waals surface area (Å²) in [7, 11) is 0. The number of carbonyl (C=O) groups is 1. The van der Waals surface area contributed by atoms with E-state index in [4.69, 9.17) is 5.73 Å². The molecule has 0 aliphatic rings. The highest BCUT2D eigenvalue weighted by molar-refractivity contribution is 7.99. The summed E-state index contributed by atoms with van der Waals surface area (Å²) in [6.07, 6.45) is 0.600. The number of amides is 1. The largest absolute Gasteiger partial charge is 0.356 e. The highest BCUT2D eigenvalue weighted by Gasteiger charge is 2.02. The molecule has 0 aromatic carbocycles. The van der Waals surface area contributed by atoms with Gasteiger partial charge in [-0.2, -0.15) is 11.8 Å². The number of thioether (sulfide) groups is 1. The second kappa shape index (κ2) is 7.43. The van der Waals surface area contributed by atoms with E-state index in [-0.39, 0.29) is 5.91 Å². The fourth-order valence-electron chi connectivity index (χ4n) is 0.706. The summed E-state index contributed by atoms with van der Waals surface area (Å²) in [6.45, 7) is 5.39.